The predicted molar refractivity (Wildman–Crippen MR) is 99.3 cm³/mol. The Hall–Kier alpha value is -2.88. The first-order chi connectivity index (χ1) is 12.2. The van der Waals surface area contributed by atoms with Gasteiger partial charge in [0.2, 0.25) is 5.91 Å². The lowest BCUT2D eigenvalue weighted by molar-refractivity contribution is -0.124. The fraction of sp³-hybridized carbons (Fsp3) is 0.238. The summed E-state index contributed by atoms with van der Waals surface area (Å²) in [5, 5.41) is 7.33. The summed E-state index contributed by atoms with van der Waals surface area (Å²) in [7, 11) is 0. The molecule has 0 aliphatic rings. The van der Waals surface area contributed by atoms with Crippen LogP contribution in [0, 0.1) is 0 Å². The highest BCUT2D eigenvalue weighted by Crippen LogP contribution is 2.28. The Morgan fingerprint density at radius 2 is 1.48 bits per heavy atom. The van der Waals surface area contributed by atoms with Gasteiger partial charge in [-0.05, 0) is 31.0 Å². The van der Waals surface area contributed by atoms with Gasteiger partial charge in [-0.1, -0.05) is 60.7 Å². The molecule has 128 valence electrons. The number of amides is 1. The lowest BCUT2D eigenvalue weighted by atomic mass is 9.85. The van der Waals surface area contributed by atoms with Crippen LogP contribution in [-0.4, -0.2) is 21.7 Å². The van der Waals surface area contributed by atoms with Gasteiger partial charge in [-0.15, -0.1) is 0 Å². The summed E-state index contributed by atoms with van der Waals surface area (Å²) in [4.78, 5) is 12.6. The zero-order chi connectivity index (χ0) is 17.6. The maximum Gasteiger partial charge on any atom is 0.244 e. The Kier molecular flexibility index (Phi) is 5.29. The van der Waals surface area contributed by atoms with Gasteiger partial charge >= 0.3 is 0 Å². The molecule has 0 aliphatic carbocycles. The first-order valence-electron chi connectivity index (χ1n) is 8.56. The SMILES string of the molecule is CC(NC(=O)C(C)n1cccn1)C(c1ccccc1)c1ccccc1. The van der Waals surface area contributed by atoms with Crippen LogP contribution < -0.4 is 5.32 Å². The molecular formula is C21H23N3O. The minimum absolute atomic E-state index is 0.0342. The van der Waals surface area contributed by atoms with E-state index in [9.17, 15) is 4.79 Å². The molecule has 0 saturated heterocycles. The van der Waals surface area contributed by atoms with Crippen molar-refractivity contribution >= 4 is 5.91 Å². The molecule has 3 rings (SSSR count). The standard InChI is InChI=1S/C21H23N3O/c1-16(23-21(25)17(2)24-15-9-14-22-24)20(18-10-5-3-6-11-18)19-12-7-4-8-13-19/h3-17,20H,1-2H3,(H,23,25). The van der Waals surface area contributed by atoms with E-state index in [0.717, 1.165) is 0 Å². The molecule has 3 aromatic rings. The van der Waals surface area contributed by atoms with Crippen molar-refractivity contribution in [3.8, 4) is 0 Å². The van der Waals surface area contributed by atoms with Crippen molar-refractivity contribution in [1.82, 2.24) is 15.1 Å². The molecule has 4 heteroatoms. The Labute approximate surface area is 148 Å². The van der Waals surface area contributed by atoms with E-state index in [-0.39, 0.29) is 23.9 Å². The largest absolute Gasteiger partial charge is 0.351 e. The lowest BCUT2D eigenvalue weighted by Crippen LogP contribution is -2.41. The van der Waals surface area contributed by atoms with Crippen molar-refractivity contribution < 1.29 is 4.79 Å². The van der Waals surface area contributed by atoms with Gasteiger partial charge in [-0.3, -0.25) is 9.48 Å². The van der Waals surface area contributed by atoms with Gasteiger partial charge in [0, 0.05) is 24.4 Å². The molecule has 1 heterocycles. The van der Waals surface area contributed by atoms with E-state index in [1.165, 1.54) is 11.1 Å². The van der Waals surface area contributed by atoms with Crippen LogP contribution in [0.1, 0.15) is 36.9 Å². The molecule has 25 heavy (non-hydrogen) atoms. The summed E-state index contributed by atoms with van der Waals surface area (Å²) in [5.74, 6) is 0.0595. The molecule has 0 saturated carbocycles. The summed E-state index contributed by atoms with van der Waals surface area (Å²) >= 11 is 0. The second-order valence-electron chi connectivity index (χ2n) is 6.26. The molecule has 0 spiro atoms. The number of rotatable bonds is 6. The van der Waals surface area contributed by atoms with Crippen LogP contribution in [0.5, 0.6) is 0 Å². The third-order valence-electron chi connectivity index (χ3n) is 4.49. The van der Waals surface area contributed by atoms with Crippen molar-refractivity contribution in [2.45, 2.75) is 31.8 Å². The van der Waals surface area contributed by atoms with E-state index < -0.39 is 0 Å². The number of benzene rings is 2. The molecular weight excluding hydrogens is 310 g/mol. The highest BCUT2D eigenvalue weighted by molar-refractivity contribution is 5.80. The number of nitrogens with zero attached hydrogens (tertiary/aromatic N) is 2. The van der Waals surface area contributed by atoms with Gasteiger partial charge in [0.15, 0.2) is 0 Å². The van der Waals surface area contributed by atoms with Gasteiger partial charge in [0.1, 0.15) is 6.04 Å². The van der Waals surface area contributed by atoms with Crippen LogP contribution in [0.4, 0.5) is 0 Å². The van der Waals surface area contributed by atoms with Gasteiger partial charge in [0.25, 0.3) is 0 Å². The zero-order valence-corrected chi connectivity index (χ0v) is 14.5. The lowest BCUT2D eigenvalue weighted by Gasteiger charge is -2.27. The molecule has 4 nitrogen and oxygen atoms in total. The molecule has 1 amide bonds. The molecule has 0 radical (unpaired) electrons. The normalized spacial score (nSPS) is 13.4. The van der Waals surface area contributed by atoms with E-state index in [2.05, 4.69) is 41.6 Å². The quantitative estimate of drug-likeness (QED) is 0.746. The molecule has 2 unspecified atom stereocenters. The van der Waals surface area contributed by atoms with Gasteiger partial charge < -0.3 is 5.32 Å². The average molecular weight is 333 g/mol. The van der Waals surface area contributed by atoms with Crippen molar-refractivity contribution in [2.24, 2.45) is 0 Å². The Morgan fingerprint density at radius 3 is 1.96 bits per heavy atom. The molecule has 0 bridgehead atoms. The van der Waals surface area contributed by atoms with Crippen LogP contribution in [0.25, 0.3) is 0 Å². The maximum absolute atomic E-state index is 12.6. The molecule has 0 aliphatic heterocycles. The van der Waals surface area contributed by atoms with E-state index >= 15 is 0 Å². The van der Waals surface area contributed by atoms with Crippen LogP contribution in [0.3, 0.4) is 0 Å². The van der Waals surface area contributed by atoms with E-state index in [1.807, 2.05) is 49.4 Å². The van der Waals surface area contributed by atoms with Gasteiger partial charge in [-0.25, -0.2) is 0 Å². The monoisotopic (exact) mass is 333 g/mol. The molecule has 1 N–H and O–H groups in total. The molecule has 1 aromatic heterocycles. The number of nitrogens with one attached hydrogen (secondary N) is 1. The first-order valence-corrected chi connectivity index (χ1v) is 8.56. The Bertz CT molecular complexity index is 745. The summed E-state index contributed by atoms with van der Waals surface area (Å²) in [6.45, 7) is 3.91. The van der Waals surface area contributed by atoms with Crippen molar-refractivity contribution in [1.29, 1.82) is 0 Å². The van der Waals surface area contributed by atoms with E-state index in [1.54, 1.807) is 17.1 Å². The zero-order valence-electron chi connectivity index (χ0n) is 14.5. The highest BCUT2D eigenvalue weighted by Gasteiger charge is 2.25. The number of hydrogen-bond acceptors (Lipinski definition) is 2. The van der Waals surface area contributed by atoms with Crippen LogP contribution in [0.15, 0.2) is 79.1 Å². The van der Waals surface area contributed by atoms with Crippen molar-refractivity contribution in [3.05, 3.63) is 90.3 Å². The number of aromatic nitrogens is 2. The third-order valence-corrected chi connectivity index (χ3v) is 4.49. The summed E-state index contributed by atoms with van der Waals surface area (Å²) in [6, 6.07) is 22.0. The smallest absolute Gasteiger partial charge is 0.244 e. The predicted octanol–water partition coefficient (Wildman–Crippen LogP) is 3.78. The Morgan fingerprint density at radius 1 is 0.920 bits per heavy atom. The maximum atomic E-state index is 12.6. The van der Waals surface area contributed by atoms with Gasteiger partial charge in [0.05, 0.1) is 0 Å². The topological polar surface area (TPSA) is 46.9 Å². The molecule has 2 aromatic carbocycles. The fourth-order valence-corrected chi connectivity index (χ4v) is 3.15. The molecule has 0 fully saturated rings. The van der Waals surface area contributed by atoms with Crippen molar-refractivity contribution in [2.75, 3.05) is 0 Å². The number of carbonyl (C=O) groups excluding carboxylic acids is 1. The van der Waals surface area contributed by atoms with Crippen molar-refractivity contribution in [3.63, 3.8) is 0 Å². The van der Waals surface area contributed by atoms with Gasteiger partial charge in [-0.2, -0.15) is 5.10 Å². The third kappa shape index (κ3) is 3.97. The number of hydrogen-bond donors (Lipinski definition) is 1. The summed E-state index contributed by atoms with van der Waals surface area (Å²) in [6.07, 6.45) is 3.49. The highest BCUT2D eigenvalue weighted by atomic mass is 16.2. The minimum atomic E-state index is -0.343. The summed E-state index contributed by atoms with van der Waals surface area (Å²) in [5.41, 5.74) is 2.38. The van der Waals surface area contributed by atoms with Crippen LogP contribution in [-0.2, 0) is 4.79 Å². The minimum Gasteiger partial charge on any atom is -0.351 e. The second-order valence-corrected chi connectivity index (χ2v) is 6.26. The first kappa shape index (κ1) is 17.0. The molecule has 2 atom stereocenters. The van der Waals surface area contributed by atoms with Crippen LogP contribution >= 0.6 is 0 Å². The van der Waals surface area contributed by atoms with Crippen LogP contribution in [0.2, 0.25) is 0 Å². The summed E-state index contributed by atoms with van der Waals surface area (Å²) < 4.78 is 1.67. The Balaban J connectivity index is 1.82. The van der Waals surface area contributed by atoms with E-state index in [4.69, 9.17) is 0 Å². The average Bonchev–Trinajstić information content (AvgIpc) is 3.17. The second kappa shape index (κ2) is 7.79. The number of carbonyl (C=O) groups is 1. The van der Waals surface area contributed by atoms with E-state index in [0.29, 0.717) is 0 Å². The fourth-order valence-electron chi connectivity index (χ4n) is 3.15.